The van der Waals surface area contributed by atoms with Crippen LogP contribution >= 0.6 is 0 Å². The third kappa shape index (κ3) is 6.40. The quantitative estimate of drug-likeness (QED) is 0.691. The number of aliphatic carboxylic acids is 1. The number of nitrogens with zero attached hydrogens (tertiary/aromatic N) is 1. The van der Waals surface area contributed by atoms with Crippen molar-refractivity contribution in [1.82, 2.24) is 10.2 Å². The van der Waals surface area contributed by atoms with Gasteiger partial charge in [0.2, 0.25) is 5.91 Å². The Morgan fingerprint density at radius 2 is 1.67 bits per heavy atom. The average molecular weight is 333 g/mol. The van der Waals surface area contributed by atoms with E-state index in [0.29, 0.717) is 18.7 Å². The Labute approximate surface area is 142 Å². The fraction of sp³-hybridized carbons (Fsp3) is 0.500. The first-order valence-electron chi connectivity index (χ1n) is 8.34. The summed E-state index contributed by atoms with van der Waals surface area (Å²) in [5.74, 6) is -1.87. The minimum Gasteiger partial charge on any atom is -0.550 e. The van der Waals surface area contributed by atoms with Crippen molar-refractivity contribution in [2.24, 2.45) is 0 Å². The van der Waals surface area contributed by atoms with E-state index in [1.807, 2.05) is 13.8 Å². The molecular weight excluding hydrogens is 308 g/mol. The summed E-state index contributed by atoms with van der Waals surface area (Å²) in [6.07, 6.45) is 1.33. The Hall–Kier alpha value is -2.37. The number of carboxylic acids is 1. The Kier molecular flexibility index (Phi) is 8.54. The maximum atomic E-state index is 12.7. The molecule has 0 saturated carbocycles. The molecule has 0 aliphatic rings. The van der Waals surface area contributed by atoms with Gasteiger partial charge < -0.3 is 20.1 Å². The first-order chi connectivity index (χ1) is 11.5. The van der Waals surface area contributed by atoms with Crippen LogP contribution in [0.4, 0.5) is 0 Å². The number of benzene rings is 1. The van der Waals surface area contributed by atoms with Crippen molar-refractivity contribution in [3.05, 3.63) is 35.9 Å². The van der Waals surface area contributed by atoms with Crippen LogP contribution in [0.5, 0.6) is 0 Å². The van der Waals surface area contributed by atoms with Gasteiger partial charge in [0.25, 0.3) is 5.91 Å². The van der Waals surface area contributed by atoms with E-state index in [4.69, 9.17) is 0 Å². The van der Waals surface area contributed by atoms with Gasteiger partial charge in [-0.2, -0.15) is 0 Å². The Balaban J connectivity index is 2.87. The van der Waals surface area contributed by atoms with E-state index in [0.717, 1.165) is 12.8 Å². The van der Waals surface area contributed by atoms with E-state index < -0.39 is 12.0 Å². The molecule has 1 N–H and O–H groups in total. The zero-order valence-electron chi connectivity index (χ0n) is 14.3. The van der Waals surface area contributed by atoms with Crippen LogP contribution in [-0.2, 0) is 9.59 Å². The molecule has 1 aromatic rings. The molecule has 0 saturated heterocycles. The Morgan fingerprint density at radius 3 is 2.17 bits per heavy atom. The molecule has 0 spiro atoms. The minimum atomic E-state index is -1.24. The lowest BCUT2D eigenvalue weighted by atomic mass is 10.1. The highest BCUT2D eigenvalue weighted by atomic mass is 16.4. The summed E-state index contributed by atoms with van der Waals surface area (Å²) in [5, 5.41) is 13.4. The van der Waals surface area contributed by atoms with Crippen LogP contribution in [0.15, 0.2) is 30.3 Å². The number of nitrogens with one attached hydrogen (secondary N) is 1. The van der Waals surface area contributed by atoms with Gasteiger partial charge in [-0.1, -0.05) is 32.0 Å². The fourth-order valence-corrected chi connectivity index (χ4v) is 2.44. The number of carbonyl (C=O) groups is 3. The van der Waals surface area contributed by atoms with E-state index in [1.165, 1.54) is 0 Å². The number of amides is 2. The van der Waals surface area contributed by atoms with Crippen molar-refractivity contribution >= 4 is 17.8 Å². The molecule has 0 aliphatic heterocycles. The summed E-state index contributed by atoms with van der Waals surface area (Å²) in [4.78, 5) is 37.4. The molecular formula is C18H25N2O4-. The van der Waals surface area contributed by atoms with Gasteiger partial charge in [0.05, 0.1) is 0 Å². The lowest BCUT2D eigenvalue weighted by Crippen LogP contribution is -2.49. The number of rotatable bonds is 10. The van der Waals surface area contributed by atoms with Gasteiger partial charge in [-0.05, 0) is 37.8 Å². The highest BCUT2D eigenvalue weighted by molar-refractivity contribution is 5.97. The molecule has 2 amide bonds. The zero-order valence-corrected chi connectivity index (χ0v) is 14.3. The fourth-order valence-electron chi connectivity index (χ4n) is 2.44. The third-order valence-electron chi connectivity index (χ3n) is 3.58. The van der Waals surface area contributed by atoms with Crippen LogP contribution in [0.1, 0.15) is 49.9 Å². The number of hydrogen-bond donors (Lipinski definition) is 1. The first-order valence-corrected chi connectivity index (χ1v) is 8.34. The second kappa shape index (κ2) is 10.4. The predicted octanol–water partition coefficient (Wildman–Crippen LogP) is 0.964. The Morgan fingerprint density at radius 1 is 1.08 bits per heavy atom. The van der Waals surface area contributed by atoms with Gasteiger partial charge >= 0.3 is 0 Å². The van der Waals surface area contributed by atoms with Gasteiger partial charge in [-0.15, -0.1) is 0 Å². The van der Waals surface area contributed by atoms with Gasteiger partial charge in [-0.3, -0.25) is 9.59 Å². The SMILES string of the molecule is CCCN(CCC)C(=O)[C@H](CCC(=O)[O-])NC(=O)c1ccccc1. The van der Waals surface area contributed by atoms with Gasteiger partial charge in [0.1, 0.15) is 6.04 Å². The normalized spacial score (nSPS) is 11.6. The highest BCUT2D eigenvalue weighted by Gasteiger charge is 2.25. The van der Waals surface area contributed by atoms with E-state index in [-0.39, 0.29) is 24.7 Å². The van der Waals surface area contributed by atoms with Crippen molar-refractivity contribution < 1.29 is 19.5 Å². The second-order valence-electron chi connectivity index (χ2n) is 5.63. The van der Waals surface area contributed by atoms with Crippen LogP contribution in [0, 0.1) is 0 Å². The maximum Gasteiger partial charge on any atom is 0.251 e. The van der Waals surface area contributed by atoms with Crippen LogP contribution in [-0.4, -0.2) is 41.8 Å². The largest absolute Gasteiger partial charge is 0.550 e. The standard InChI is InChI=1S/C18H26N2O4/c1-3-12-20(13-4-2)18(24)15(10-11-16(21)22)19-17(23)14-8-6-5-7-9-14/h5-9,15H,3-4,10-13H2,1-2H3,(H,19,23)(H,21,22)/p-1/t15-/m0/s1. The van der Waals surface area contributed by atoms with E-state index in [2.05, 4.69) is 5.32 Å². The molecule has 1 atom stereocenters. The summed E-state index contributed by atoms with van der Waals surface area (Å²) in [6.45, 7) is 5.09. The molecule has 24 heavy (non-hydrogen) atoms. The molecule has 1 rings (SSSR count). The van der Waals surface area contributed by atoms with Crippen molar-refractivity contribution in [1.29, 1.82) is 0 Å². The number of carbonyl (C=O) groups excluding carboxylic acids is 3. The van der Waals surface area contributed by atoms with Crippen molar-refractivity contribution in [3.8, 4) is 0 Å². The van der Waals surface area contributed by atoms with Crippen LogP contribution in [0.2, 0.25) is 0 Å². The van der Waals surface area contributed by atoms with Crippen molar-refractivity contribution in [2.75, 3.05) is 13.1 Å². The van der Waals surface area contributed by atoms with E-state index in [1.54, 1.807) is 35.2 Å². The summed E-state index contributed by atoms with van der Waals surface area (Å²) >= 11 is 0. The van der Waals surface area contributed by atoms with Crippen molar-refractivity contribution in [3.63, 3.8) is 0 Å². The first kappa shape index (κ1) is 19.7. The summed E-state index contributed by atoms with van der Waals surface area (Å²) in [5.41, 5.74) is 0.432. The van der Waals surface area contributed by atoms with Crippen LogP contribution in [0.3, 0.4) is 0 Å². The van der Waals surface area contributed by atoms with Gasteiger partial charge in [-0.25, -0.2) is 0 Å². The monoisotopic (exact) mass is 333 g/mol. The molecule has 0 bridgehead atoms. The number of hydrogen-bond acceptors (Lipinski definition) is 4. The van der Waals surface area contributed by atoms with E-state index in [9.17, 15) is 19.5 Å². The van der Waals surface area contributed by atoms with Crippen molar-refractivity contribution in [2.45, 2.75) is 45.6 Å². The van der Waals surface area contributed by atoms with Crippen LogP contribution < -0.4 is 10.4 Å². The molecule has 0 fully saturated rings. The summed E-state index contributed by atoms with van der Waals surface area (Å²) in [7, 11) is 0. The molecule has 0 heterocycles. The number of carboxylic acid groups (broad SMARTS) is 1. The lowest BCUT2D eigenvalue weighted by molar-refractivity contribution is -0.305. The average Bonchev–Trinajstić information content (AvgIpc) is 2.58. The molecule has 6 nitrogen and oxygen atoms in total. The van der Waals surface area contributed by atoms with E-state index >= 15 is 0 Å². The van der Waals surface area contributed by atoms with Gasteiger partial charge in [0.15, 0.2) is 0 Å². The lowest BCUT2D eigenvalue weighted by Gasteiger charge is -2.27. The van der Waals surface area contributed by atoms with Crippen LogP contribution in [0.25, 0.3) is 0 Å². The molecule has 132 valence electrons. The minimum absolute atomic E-state index is 0.0175. The Bertz CT molecular complexity index is 539. The maximum absolute atomic E-state index is 12.7. The third-order valence-corrected chi connectivity index (χ3v) is 3.58. The molecule has 6 heteroatoms. The second-order valence-corrected chi connectivity index (χ2v) is 5.63. The molecule has 1 aromatic carbocycles. The predicted molar refractivity (Wildman–Crippen MR) is 89.1 cm³/mol. The molecule has 0 unspecified atom stereocenters. The molecule has 0 aromatic heterocycles. The zero-order chi connectivity index (χ0) is 17.9. The summed E-state index contributed by atoms with van der Waals surface area (Å²) < 4.78 is 0. The topological polar surface area (TPSA) is 89.5 Å². The highest BCUT2D eigenvalue weighted by Crippen LogP contribution is 2.07. The smallest absolute Gasteiger partial charge is 0.251 e. The summed E-state index contributed by atoms with van der Waals surface area (Å²) in [6, 6.07) is 7.67. The van der Waals surface area contributed by atoms with Gasteiger partial charge in [0, 0.05) is 24.6 Å². The molecule has 0 radical (unpaired) electrons. The molecule has 0 aliphatic carbocycles.